The van der Waals surface area contributed by atoms with Gasteiger partial charge in [0.25, 0.3) is 0 Å². The number of carboxylic acid groups (broad SMARTS) is 1. The Hall–Kier alpha value is -2.57. The molecule has 0 aliphatic heterocycles. The number of hydrogen-bond acceptors (Lipinski definition) is 4. The summed E-state index contributed by atoms with van der Waals surface area (Å²) in [5.74, 6) is -1.63. The molecule has 0 saturated carbocycles. The van der Waals surface area contributed by atoms with E-state index in [0.29, 0.717) is 5.69 Å². The number of nitrogens with one attached hydrogen (secondary N) is 2. The fourth-order valence-corrected chi connectivity index (χ4v) is 1.56. The maximum absolute atomic E-state index is 11.6. The van der Waals surface area contributed by atoms with Crippen LogP contribution in [-0.2, 0) is 9.59 Å². The van der Waals surface area contributed by atoms with E-state index < -0.39 is 17.9 Å². The molecule has 1 aromatic carbocycles. The van der Waals surface area contributed by atoms with Crippen LogP contribution in [0.4, 0.5) is 10.5 Å². The summed E-state index contributed by atoms with van der Waals surface area (Å²) in [7, 11) is 1.39. The summed E-state index contributed by atoms with van der Waals surface area (Å²) < 4.78 is 0. The first kappa shape index (κ1) is 15.5. The minimum Gasteiger partial charge on any atom is -0.480 e. The van der Waals surface area contributed by atoms with Crippen molar-refractivity contribution in [2.24, 2.45) is 0 Å². The van der Waals surface area contributed by atoms with E-state index >= 15 is 0 Å². The molecule has 0 atom stereocenters. The molecule has 0 aromatic heterocycles. The third-order valence-electron chi connectivity index (χ3n) is 2.54. The first-order valence-corrected chi connectivity index (χ1v) is 5.97. The first-order chi connectivity index (χ1) is 9.42. The van der Waals surface area contributed by atoms with Gasteiger partial charge in [-0.1, -0.05) is 17.7 Å². The molecule has 1 rings (SSSR count). The summed E-state index contributed by atoms with van der Waals surface area (Å²) in [4.78, 5) is 34.9. The maximum atomic E-state index is 11.6. The zero-order valence-corrected chi connectivity index (χ0v) is 11.3. The second-order valence-corrected chi connectivity index (χ2v) is 4.21. The van der Waals surface area contributed by atoms with E-state index in [2.05, 4.69) is 10.6 Å². The van der Waals surface area contributed by atoms with Crippen molar-refractivity contribution in [2.75, 3.05) is 25.0 Å². The Labute approximate surface area is 116 Å². The SMILES string of the molecule is CNC(=O)NC(=O)CN(CC(=O)O)c1ccc(C)cc1. The predicted octanol–water partition coefficient (Wildman–Crippen LogP) is 0.342. The topological polar surface area (TPSA) is 98.7 Å². The molecule has 0 aliphatic carbocycles. The molecule has 20 heavy (non-hydrogen) atoms. The van der Waals surface area contributed by atoms with Crippen molar-refractivity contribution in [3.8, 4) is 0 Å². The highest BCUT2D eigenvalue weighted by Crippen LogP contribution is 2.14. The number of rotatable bonds is 5. The number of amides is 3. The average Bonchev–Trinajstić information content (AvgIpc) is 2.38. The number of carboxylic acids is 1. The number of carbonyl (C=O) groups is 3. The van der Waals surface area contributed by atoms with Gasteiger partial charge in [0.15, 0.2) is 0 Å². The smallest absolute Gasteiger partial charge is 0.323 e. The molecule has 108 valence electrons. The van der Waals surface area contributed by atoms with Gasteiger partial charge in [-0.3, -0.25) is 14.9 Å². The highest BCUT2D eigenvalue weighted by molar-refractivity contribution is 5.96. The highest BCUT2D eigenvalue weighted by Gasteiger charge is 2.16. The van der Waals surface area contributed by atoms with E-state index in [4.69, 9.17) is 5.11 Å². The van der Waals surface area contributed by atoms with E-state index in [1.165, 1.54) is 11.9 Å². The third-order valence-corrected chi connectivity index (χ3v) is 2.54. The molecule has 7 heteroatoms. The molecule has 0 fully saturated rings. The van der Waals surface area contributed by atoms with E-state index in [9.17, 15) is 14.4 Å². The minimum absolute atomic E-state index is 0.219. The van der Waals surface area contributed by atoms with E-state index in [0.717, 1.165) is 5.56 Å². The summed E-state index contributed by atoms with van der Waals surface area (Å²) in [6, 6.07) is 6.47. The molecule has 3 N–H and O–H groups in total. The Kier molecular flexibility index (Phi) is 5.52. The molecular weight excluding hydrogens is 262 g/mol. The monoisotopic (exact) mass is 279 g/mol. The van der Waals surface area contributed by atoms with Gasteiger partial charge >= 0.3 is 12.0 Å². The summed E-state index contributed by atoms with van der Waals surface area (Å²) in [6.45, 7) is 1.36. The van der Waals surface area contributed by atoms with Crippen molar-refractivity contribution >= 4 is 23.6 Å². The van der Waals surface area contributed by atoms with Crippen LogP contribution in [0.5, 0.6) is 0 Å². The summed E-state index contributed by atoms with van der Waals surface area (Å²) in [5.41, 5.74) is 1.63. The van der Waals surface area contributed by atoms with Crippen LogP contribution in [0.3, 0.4) is 0 Å². The number of aliphatic carboxylic acids is 1. The van der Waals surface area contributed by atoms with Crippen LogP contribution < -0.4 is 15.5 Å². The highest BCUT2D eigenvalue weighted by atomic mass is 16.4. The molecule has 3 amide bonds. The van der Waals surface area contributed by atoms with Gasteiger partial charge in [0.2, 0.25) is 5.91 Å². The van der Waals surface area contributed by atoms with Gasteiger partial charge in [-0.25, -0.2) is 4.79 Å². The molecule has 0 radical (unpaired) electrons. The lowest BCUT2D eigenvalue weighted by Gasteiger charge is -2.22. The van der Waals surface area contributed by atoms with E-state index in [1.807, 2.05) is 19.1 Å². The Morgan fingerprint density at radius 1 is 1.15 bits per heavy atom. The lowest BCUT2D eigenvalue weighted by atomic mass is 10.2. The Morgan fingerprint density at radius 2 is 1.75 bits per heavy atom. The maximum Gasteiger partial charge on any atom is 0.323 e. The molecule has 0 unspecified atom stereocenters. The van der Waals surface area contributed by atoms with Gasteiger partial charge in [0.1, 0.15) is 6.54 Å². The standard InChI is InChI=1S/C13H17N3O4/c1-9-3-5-10(6-4-9)16(8-12(18)19)7-11(17)15-13(20)14-2/h3-6H,7-8H2,1-2H3,(H,18,19)(H2,14,15,17,20). The fraction of sp³-hybridized carbons (Fsp3) is 0.308. The number of hydrogen-bond donors (Lipinski definition) is 3. The van der Waals surface area contributed by atoms with Crippen LogP contribution in [0.25, 0.3) is 0 Å². The minimum atomic E-state index is -1.06. The van der Waals surface area contributed by atoms with Gasteiger partial charge in [0, 0.05) is 12.7 Å². The summed E-state index contributed by atoms with van der Waals surface area (Å²) >= 11 is 0. The largest absolute Gasteiger partial charge is 0.480 e. The normalized spacial score (nSPS) is 9.70. The fourth-order valence-electron chi connectivity index (χ4n) is 1.56. The van der Waals surface area contributed by atoms with Gasteiger partial charge < -0.3 is 15.3 Å². The van der Waals surface area contributed by atoms with Crippen molar-refractivity contribution in [3.05, 3.63) is 29.8 Å². The Balaban J connectivity index is 2.79. The van der Waals surface area contributed by atoms with Gasteiger partial charge in [-0.05, 0) is 19.1 Å². The van der Waals surface area contributed by atoms with Crippen LogP contribution in [0.2, 0.25) is 0 Å². The summed E-state index contributed by atoms with van der Waals surface area (Å²) in [6.07, 6.45) is 0. The van der Waals surface area contributed by atoms with Gasteiger partial charge in [-0.2, -0.15) is 0 Å². The lowest BCUT2D eigenvalue weighted by molar-refractivity contribution is -0.135. The lowest BCUT2D eigenvalue weighted by Crippen LogP contribution is -2.44. The Bertz CT molecular complexity index is 499. The van der Waals surface area contributed by atoms with Crippen molar-refractivity contribution in [1.82, 2.24) is 10.6 Å². The van der Waals surface area contributed by atoms with E-state index in [1.54, 1.807) is 12.1 Å². The molecule has 0 spiro atoms. The average molecular weight is 279 g/mol. The van der Waals surface area contributed by atoms with Crippen molar-refractivity contribution in [2.45, 2.75) is 6.92 Å². The van der Waals surface area contributed by atoms with Gasteiger partial charge in [-0.15, -0.1) is 0 Å². The van der Waals surface area contributed by atoms with Crippen LogP contribution in [-0.4, -0.2) is 43.2 Å². The van der Waals surface area contributed by atoms with Gasteiger partial charge in [0.05, 0.1) is 6.54 Å². The number of imide groups is 1. The zero-order chi connectivity index (χ0) is 15.1. The number of carbonyl (C=O) groups excluding carboxylic acids is 2. The second kappa shape index (κ2) is 7.13. The second-order valence-electron chi connectivity index (χ2n) is 4.21. The predicted molar refractivity (Wildman–Crippen MR) is 73.6 cm³/mol. The molecule has 0 saturated heterocycles. The molecule has 7 nitrogen and oxygen atoms in total. The van der Waals surface area contributed by atoms with Crippen LogP contribution in [0.15, 0.2) is 24.3 Å². The molecular formula is C13H17N3O4. The number of aryl methyl sites for hydroxylation is 1. The van der Waals surface area contributed by atoms with Crippen molar-refractivity contribution < 1.29 is 19.5 Å². The Morgan fingerprint density at radius 3 is 2.25 bits per heavy atom. The summed E-state index contributed by atoms with van der Waals surface area (Å²) in [5, 5.41) is 13.2. The van der Waals surface area contributed by atoms with Crippen LogP contribution in [0, 0.1) is 6.92 Å². The first-order valence-electron chi connectivity index (χ1n) is 5.97. The van der Waals surface area contributed by atoms with Crippen molar-refractivity contribution in [3.63, 3.8) is 0 Å². The third kappa shape index (κ3) is 4.97. The van der Waals surface area contributed by atoms with Crippen molar-refractivity contribution in [1.29, 1.82) is 0 Å². The number of urea groups is 1. The molecule has 1 aromatic rings. The quantitative estimate of drug-likeness (QED) is 0.722. The van der Waals surface area contributed by atoms with E-state index in [-0.39, 0.29) is 13.1 Å². The number of nitrogens with zero attached hydrogens (tertiary/aromatic N) is 1. The molecule has 0 bridgehead atoms. The number of anilines is 1. The zero-order valence-electron chi connectivity index (χ0n) is 11.3. The molecule has 0 heterocycles. The molecule has 0 aliphatic rings. The number of benzene rings is 1. The van der Waals surface area contributed by atoms with Crippen LogP contribution in [0.1, 0.15) is 5.56 Å². The van der Waals surface area contributed by atoms with Crippen LogP contribution >= 0.6 is 0 Å².